The molecule has 9 heteroatoms. The minimum Gasteiger partial charge on any atom is -0.491 e. The third kappa shape index (κ3) is 5.06. The number of nitro groups is 1. The van der Waals surface area contributed by atoms with E-state index >= 15 is 0 Å². The summed E-state index contributed by atoms with van der Waals surface area (Å²) < 4.78 is 24.2. The standard InChI is InChI=1S/C21H21N3O6/c25-24(26)20-13-23-12-19(15-30-21(23)22-20)28-11-10-27-17-6-8-18(9-7-17)29-14-16-4-2-1-3-5-16/h1-9,13,19H,10-12,14-15H2/t19-/m0/s1. The van der Waals surface area contributed by atoms with E-state index in [4.69, 9.17) is 18.9 Å². The predicted molar refractivity (Wildman–Crippen MR) is 107 cm³/mol. The molecule has 0 fully saturated rings. The first-order valence-corrected chi connectivity index (χ1v) is 9.53. The molecule has 0 radical (unpaired) electrons. The summed E-state index contributed by atoms with van der Waals surface area (Å²) >= 11 is 0. The maximum absolute atomic E-state index is 10.8. The first-order chi connectivity index (χ1) is 14.7. The summed E-state index contributed by atoms with van der Waals surface area (Å²) in [5.41, 5.74) is 1.11. The van der Waals surface area contributed by atoms with E-state index in [1.165, 1.54) is 6.20 Å². The highest BCUT2D eigenvalue weighted by Crippen LogP contribution is 2.22. The van der Waals surface area contributed by atoms with E-state index in [-0.39, 0.29) is 17.9 Å². The molecular weight excluding hydrogens is 390 g/mol. The van der Waals surface area contributed by atoms with Crippen LogP contribution in [0.25, 0.3) is 0 Å². The summed E-state index contributed by atoms with van der Waals surface area (Å²) in [5, 5.41) is 10.8. The molecule has 1 atom stereocenters. The Kier molecular flexibility index (Phi) is 6.09. The summed E-state index contributed by atoms with van der Waals surface area (Å²) in [7, 11) is 0. The average Bonchev–Trinajstić information content (AvgIpc) is 3.21. The number of hydrogen-bond donors (Lipinski definition) is 0. The lowest BCUT2D eigenvalue weighted by Crippen LogP contribution is -2.33. The van der Waals surface area contributed by atoms with Crippen LogP contribution in [-0.2, 0) is 17.9 Å². The van der Waals surface area contributed by atoms with Crippen LogP contribution in [0.5, 0.6) is 17.5 Å². The molecule has 0 saturated heterocycles. The second-order valence-electron chi connectivity index (χ2n) is 6.69. The van der Waals surface area contributed by atoms with Gasteiger partial charge in [-0.3, -0.25) is 4.57 Å². The third-order valence-corrected chi connectivity index (χ3v) is 4.49. The summed E-state index contributed by atoms with van der Waals surface area (Å²) in [6, 6.07) is 17.6. The normalized spacial score (nSPS) is 15.1. The van der Waals surface area contributed by atoms with Crippen molar-refractivity contribution in [2.24, 2.45) is 0 Å². The Morgan fingerprint density at radius 3 is 2.53 bits per heavy atom. The van der Waals surface area contributed by atoms with Gasteiger partial charge in [-0.15, -0.1) is 0 Å². The molecule has 1 aliphatic rings. The van der Waals surface area contributed by atoms with Crippen LogP contribution in [0.15, 0.2) is 60.8 Å². The zero-order valence-electron chi connectivity index (χ0n) is 16.2. The maximum Gasteiger partial charge on any atom is 0.414 e. The quantitative estimate of drug-likeness (QED) is 0.303. The van der Waals surface area contributed by atoms with E-state index < -0.39 is 4.92 Å². The molecule has 4 rings (SSSR count). The van der Waals surface area contributed by atoms with Gasteiger partial charge in [0.05, 0.1) is 13.2 Å². The Morgan fingerprint density at radius 2 is 1.80 bits per heavy atom. The van der Waals surface area contributed by atoms with Crippen LogP contribution in [0.2, 0.25) is 0 Å². The lowest BCUT2D eigenvalue weighted by atomic mass is 10.2. The first-order valence-electron chi connectivity index (χ1n) is 9.53. The fraction of sp³-hybridized carbons (Fsp3) is 0.286. The summed E-state index contributed by atoms with van der Waals surface area (Å²) in [6.45, 7) is 2.00. The lowest BCUT2D eigenvalue weighted by molar-refractivity contribution is -0.389. The van der Waals surface area contributed by atoms with Gasteiger partial charge < -0.3 is 29.1 Å². The molecule has 0 aliphatic carbocycles. The Morgan fingerprint density at radius 1 is 1.07 bits per heavy atom. The number of benzene rings is 2. The van der Waals surface area contributed by atoms with Gasteiger partial charge >= 0.3 is 11.8 Å². The molecule has 1 aliphatic heterocycles. The first kappa shape index (κ1) is 19.7. The van der Waals surface area contributed by atoms with Crippen molar-refractivity contribution in [2.75, 3.05) is 19.8 Å². The Bertz CT molecular complexity index is 974. The van der Waals surface area contributed by atoms with Gasteiger partial charge in [0.15, 0.2) is 0 Å². The highest BCUT2D eigenvalue weighted by molar-refractivity contribution is 5.31. The average molecular weight is 411 g/mol. The molecular formula is C21H21N3O6. The van der Waals surface area contributed by atoms with Crippen LogP contribution in [0, 0.1) is 10.1 Å². The van der Waals surface area contributed by atoms with Crippen LogP contribution in [0.1, 0.15) is 5.56 Å². The van der Waals surface area contributed by atoms with Gasteiger partial charge in [0.2, 0.25) is 0 Å². The lowest BCUT2D eigenvalue weighted by Gasteiger charge is -2.22. The molecule has 9 nitrogen and oxygen atoms in total. The van der Waals surface area contributed by atoms with E-state index in [1.54, 1.807) is 4.57 Å². The number of rotatable bonds is 9. The van der Waals surface area contributed by atoms with Crippen molar-refractivity contribution in [3.05, 3.63) is 76.5 Å². The van der Waals surface area contributed by atoms with E-state index in [0.29, 0.717) is 33.0 Å². The van der Waals surface area contributed by atoms with Crippen LogP contribution in [-0.4, -0.2) is 40.4 Å². The Hall–Kier alpha value is -3.59. The molecule has 0 amide bonds. The summed E-state index contributed by atoms with van der Waals surface area (Å²) in [4.78, 5) is 14.1. The van der Waals surface area contributed by atoms with Crippen LogP contribution < -0.4 is 14.2 Å². The monoisotopic (exact) mass is 411 g/mol. The second-order valence-corrected chi connectivity index (χ2v) is 6.69. The molecule has 30 heavy (non-hydrogen) atoms. The fourth-order valence-electron chi connectivity index (χ4n) is 3.01. The van der Waals surface area contributed by atoms with Crippen molar-refractivity contribution >= 4 is 5.82 Å². The summed E-state index contributed by atoms with van der Waals surface area (Å²) in [6.07, 6.45) is 1.13. The van der Waals surface area contributed by atoms with Crippen molar-refractivity contribution in [3.8, 4) is 17.5 Å². The van der Waals surface area contributed by atoms with Crippen molar-refractivity contribution in [1.82, 2.24) is 9.55 Å². The topological polar surface area (TPSA) is 97.9 Å². The number of hydrogen-bond acceptors (Lipinski definition) is 7. The van der Waals surface area contributed by atoms with Gasteiger partial charge in [-0.25, -0.2) is 0 Å². The zero-order chi connectivity index (χ0) is 20.8. The molecule has 0 bridgehead atoms. The van der Waals surface area contributed by atoms with Crippen molar-refractivity contribution < 1.29 is 23.9 Å². The van der Waals surface area contributed by atoms with Gasteiger partial charge in [0, 0.05) is 4.98 Å². The van der Waals surface area contributed by atoms with Gasteiger partial charge in [-0.2, -0.15) is 0 Å². The summed E-state index contributed by atoms with van der Waals surface area (Å²) in [5.74, 6) is 1.26. The van der Waals surface area contributed by atoms with E-state index in [0.717, 1.165) is 17.1 Å². The maximum atomic E-state index is 10.8. The van der Waals surface area contributed by atoms with Gasteiger partial charge in [0.25, 0.3) is 0 Å². The number of nitrogens with zero attached hydrogens (tertiary/aromatic N) is 3. The van der Waals surface area contributed by atoms with Gasteiger partial charge in [-0.1, -0.05) is 30.3 Å². The Balaban J connectivity index is 1.17. The van der Waals surface area contributed by atoms with Crippen LogP contribution >= 0.6 is 0 Å². The SMILES string of the molecule is O=[N+]([O-])c1cn2c(n1)OC[C@@H](OCCOc1ccc(OCc3ccccc3)cc1)C2. The smallest absolute Gasteiger partial charge is 0.414 e. The molecule has 156 valence electrons. The largest absolute Gasteiger partial charge is 0.491 e. The van der Waals surface area contributed by atoms with Crippen LogP contribution in [0.3, 0.4) is 0 Å². The molecule has 0 saturated carbocycles. The van der Waals surface area contributed by atoms with Gasteiger partial charge in [0.1, 0.15) is 43.6 Å². The van der Waals surface area contributed by atoms with E-state index in [9.17, 15) is 10.1 Å². The molecule has 3 aromatic rings. The minimum atomic E-state index is -0.545. The van der Waals surface area contributed by atoms with E-state index in [1.807, 2.05) is 54.6 Å². The van der Waals surface area contributed by atoms with Crippen molar-refractivity contribution in [3.63, 3.8) is 0 Å². The van der Waals surface area contributed by atoms with E-state index in [2.05, 4.69) is 4.98 Å². The molecule has 2 aromatic carbocycles. The fourth-order valence-corrected chi connectivity index (χ4v) is 3.01. The van der Waals surface area contributed by atoms with Crippen molar-refractivity contribution in [2.45, 2.75) is 19.3 Å². The molecule has 2 heterocycles. The van der Waals surface area contributed by atoms with Gasteiger partial charge in [-0.05, 0) is 34.8 Å². The molecule has 0 spiro atoms. The van der Waals surface area contributed by atoms with Crippen molar-refractivity contribution in [1.29, 1.82) is 0 Å². The highest BCUT2D eigenvalue weighted by atomic mass is 16.6. The number of ether oxygens (including phenoxy) is 4. The number of aromatic nitrogens is 2. The molecule has 0 unspecified atom stereocenters. The molecule has 0 N–H and O–H groups in total. The molecule has 1 aromatic heterocycles. The second kappa shape index (κ2) is 9.27. The Labute approximate surface area is 172 Å². The minimum absolute atomic E-state index is 0.219. The predicted octanol–water partition coefficient (Wildman–Crippen LogP) is 3.23. The number of imidazole rings is 1. The van der Waals surface area contributed by atoms with Crippen LogP contribution in [0.4, 0.5) is 5.82 Å². The number of fused-ring (bicyclic) bond motifs is 1. The zero-order valence-corrected chi connectivity index (χ0v) is 16.2. The third-order valence-electron chi connectivity index (χ3n) is 4.49. The highest BCUT2D eigenvalue weighted by Gasteiger charge is 2.28.